The van der Waals surface area contributed by atoms with Crippen molar-refractivity contribution in [2.24, 2.45) is 0 Å². The number of carboxylic acid groups (broad SMARTS) is 3. The van der Waals surface area contributed by atoms with Crippen LogP contribution in [0.1, 0.15) is 25.7 Å². The van der Waals surface area contributed by atoms with E-state index in [0.29, 0.717) is 26.2 Å². The van der Waals surface area contributed by atoms with Gasteiger partial charge in [0.25, 0.3) is 5.91 Å². The third kappa shape index (κ3) is 10.8. The molecule has 1 saturated heterocycles. The highest BCUT2D eigenvalue weighted by Crippen LogP contribution is 2.37. The molecule has 0 aliphatic carbocycles. The van der Waals surface area contributed by atoms with Gasteiger partial charge < -0.3 is 39.5 Å². The minimum atomic E-state index is -4.81. The standard InChI is InChI=1S/C22H25F3N2O7S.C6H8O7/c1-32-15-14-27-12-10-21(11-13-27,20(28)26-29)35(30,31)19-8-6-17(7-9-19)33-16-2-4-18(5-3-16)34-22(23,24)25;7-3(8)1-6(13,5(11)12)2-4(9)10/h2-9,29H,10-15H2,1H3,(H,26,28);13H,1-2H2,(H,7,8)(H,9,10)(H,11,12). The maximum absolute atomic E-state index is 13.5. The first-order valence-electron chi connectivity index (χ1n) is 13.7. The predicted molar refractivity (Wildman–Crippen MR) is 154 cm³/mol. The number of alkyl halides is 3. The number of methoxy groups -OCH3 is 1. The summed E-state index contributed by atoms with van der Waals surface area (Å²) < 4.78 is 76.4. The summed E-state index contributed by atoms with van der Waals surface area (Å²) in [5.74, 6) is -6.00. The minimum absolute atomic E-state index is 0.0178. The molecular weight excluding hydrogens is 677 g/mol. The van der Waals surface area contributed by atoms with E-state index in [1.807, 2.05) is 4.90 Å². The Kier molecular flexibility index (Phi) is 13.7. The van der Waals surface area contributed by atoms with Gasteiger partial charge in [-0.25, -0.2) is 18.7 Å². The summed E-state index contributed by atoms with van der Waals surface area (Å²) >= 11 is 0. The van der Waals surface area contributed by atoms with Crippen molar-refractivity contribution in [2.45, 2.75) is 47.3 Å². The molecule has 3 rings (SSSR count). The predicted octanol–water partition coefficient (Wildman–Crippen LogP) is 1.89. The van der Waals surface area contributed by atoms with Gasteiger partial charge in [0.15, 0.2) is 20.2 Å². The topological polar surface area (TPSA) is 247 Å². The number of rotatable bonds is 14. The SMILES string of the molecule is COCCN1CCC(C(=O)NO)(S(=O)(=O)c2ccc(Oc3ccc(OC(F)(F)F)cc3)cc2)CC1.O=C(O)CC(O)(CC(=O)O)C(=O)O. The number of amides is 1. The molecule has 1 amide bonds. The van der Waals surface area contributed by atoms with E-state index in [0.717, 1.165) is 12.1 Å². The molecule has 2 aromatic rings. The number of likely N-dealkylation sites (tertiary alicyclic amines) is 1. The quantitative estimate of drug-likeness (QED) is 0.121. The van der Waals surface area contributed by atoms with Crippen molar-refractivity contribution >= 4 is 33.7 Å². The first-order valence-corrected chi connectivity index (χ1v) is 15.2. The van der Waals surface area contributed by atoms with Gasteiger partial charge in [0, 0.05) is 26.7 Å². The number of nitrogens with one attached hydrogen (secondary N) is 1. The second kappa shape index (κ2) is 16.6. The lowest BCUT2D eigenvalue weighted by molar-refractivity contribution is -0.274. The van der Waals surface area contributed by atoms with Gasteiger partial charge in [-0.15, -0.1) is 13.2 Å². The van der Waals surface area contributed by atoms with Crippen molar-refractivity contribution in [3.8, 4) is 17.2 Å². The van der Waals surface area contributed by atoms with Crippen LogP contribution in [0.2, 0.25) is 0 Å². The second-order valence-corrected chi connectivity index (χ2v) is 12.6. The van der Waals surface area contributed by atoms with Crippen molar-refractivity contribution in [2.75, 3.05) is 33.4 Å². The van der Waals surface area contributed by atoms with E-state index in [1.165, 1.54) is 41.9 Å². The maximum Gasteiger partial charge on any atom is 0.573 e. The molecule has 1 fully saturated rings. The van der Waals surface area contributed by atoms with E-state index in [2.05, 4.69) is 4.74 Å². The number of sulfone groups is 1. The van der Waals surface area contributed by atoms with Gasteiger partial charge >= 0.3 is 24.3 Å². The van der Waals surface area contributed by atoms with Crippen LogP contribution in [0.25, 0.3) is 0 Å². The van der Waals surface area contributed by atoms with Gasteiger partial charge in [-0.1, -0.05) is 0 Å². The van der Waals surface area contributed by atoms with Crippen LogP contribution in [0.3, 0.4) is 0 Å². The molecule has 0 radical (unpaired) electrons. The molecule has 0 bridgehead atoms. The number of carbonyl (C=O) groups is 4. The number of ether oxygens (including phenoxy) is 3. The van der Waals surface area contributed by atoms with E-state index in [-0.39, 0.29) is 29.2 Å². The fourth-order valence-electron chi connectivity index (χ4n) is 4.55. The number of aliphatic hydroxyl groups is 1. The van der Waals surface area contributed by atoms with Crippen LogP contribution in [0.5, 0.6) is 17.2 Å². The zero-order valence-corrected chi connectivity index (χ0v) is 26.0. The average molecular weight is 711 g/mol. The normalized spacial score (nSPS) is 15.0. The van der Waals surface area contributed by atoms with Crippen LogP contribution in [0.4, 0.5) is 13.2 Å². The molecule has 48 heavy (non-hydrogen) atoms. The van der Waals surface area contributed by atoms with Gasteiger partial charge in [-0.3, -0.25) is 19.6 Å². The molecule has 0 saturated carbocycles. The highest BCUT2D eigenvalue weighted by Gasteiger charge is 2.53. The maximum atomic E-state index is 13.5. The fourth-order valence-corrected chi connectivity index (χ4v) is 6.51. The number of hydrogen-bond acceptors (Lipinski definition) is 12. The largest absolute Gasteiger partial charge is 0.573 e. The number of carboxylic acids is 3. The number of piperidine rings is 1. The molecule has 6 N–H and O–H groups in total. The summed E-state index contributed by atoms with van der Waals surface area (Å²) in [6, 6.07) is 9.98. The Labute approximate surface area is 271 Å². The number of benzene rings is 2. The summed E-state index contributed by atoms with van der Waals surface area (Å²) in [4.78, 5) is 44.9. The number of hydroxylamine groups is 1. The van der Waals surface area contributed by atoms with E-state index in [9.17, 15) is 46.0 Å². The smallest absolute Gasteiger partial charge is 0.481 e. The first kappa shape index (κ1) is 39.7. The number of nitrogens with zero attached hydrogens (tertiary/aromatic N) is 1. The Morgan fingerprint density at radius 1 is 0.875 bits per heavy atom. The second-order valence-electron chi connectivity index (χ2n) is 10.3. The highest BCUT2D eigenvalue weighted by molar-refractivity contribution is 7.93. The molecule has 16 nitrogen and oxygen atoms in total. The molecule has 0 atom stereocenters. The van der Waals surface area contributed by atoms with Gasteiger partial charge in [-0.05, 0) is 61.4 Å². The van der Waals surface area contributed by atoms with Crippen molar-refractivity contribution in [1.82, 2.24) is 10.4 Å². The Morgan fingerprint density at radius 3 is 1.73 bits per heavy atom. The minimum Gasteiger partial charge on any atom is -0.481 e. The molecule has 20 heteroatoms. The molecule has 1 aliphatic heterocycles. The van der Waals surface area contributed by atoms with E-state index in [4.69, 9.17) is 29.9 Å². The Morgan fingerprint density at radius 2 is 1.33 bits per heavy atom. The monoisotopic (exact) mass is 710 g/mol. The van der Waals surface area contributed by atoms with Gasteiger partial charge in [0.2, 0.25) is 0 Å². The third-order valence-electron chi connectivity index (χ3n) is 7.02. The molecule has 0 unspecified atom stereocenters. The summed E-state index contributed by atoms with van der Waals surface area (Å²) in [5.41, 5.74) is -1.23. The van der Waals surface area contributed by atoms with Gasteiger partial charge in [0.1, 0.15) is 17.2 Å². The summed E-state index contributed by atoms with van der Waals surface area (Å²) in [5, 5.41) is 43.1. The lowest BCUT2D eigenvalue weighted by Crippen LogP contribution is -2.57. The number of hydrogen-bond donors (Lipinski definition) is 6. The third-order valence-corrected chi connectivity index (χ3v) is 9.53. The van der Waals surface area contributed by atoms with E-state index >= 15 is 0 Å². The number of aliphatic carboxylic acids is 3. The summed E-state index contributed by atoms with van der Waals surface area (Å²) in [7, 11) is -2.64. The molecule has 1 heterocycles. The molecular formula is C28H33F3N2O14S. The van der Waals surface area contributed by atoms with Crippen molar-refractivity contribution in [3.63, 3.8) is 0 Å². The van der Waals surface area contributed by atoms with Crippen molar-refractivity contribution in [3.05, 3.63) is 48.5 Å². The van der Waals surface area contributed by atoms with Crippen LogP contribution in [-0.4, -0.2) is 113 Å². The summed E-state index contributed by atoms with van der Waals surface area (Å²) in [6.45, 7) is 1.70. The van der Waals surface area contributed by atoms with Crippen LogP contribution in [0, 0.1) is 0 Å². The molecule has 266 valence electrons. The van der Waals surface area contributed by atoms with Crippen LogP contribution >= 0.6 is 0 Å². The van der Waals surface area contributed by atoms with Crippen molar-refractivity contribution in [1.29, 1.82) is 0 Å². The van der Waals surface area contributed by atoms with Gasteiger partial charge in [-0.2, -0.15) is 0 Å². The Hall–Kier alpha value is -4.50. The Balaban J connectivity index is 0.000000521. The Bertz CT molecular complexity index is 1510. The summed E-state index contributed by atoms with van der Waals surface area (Å²) in [6.07, 6.45) is -7.14. The van der Waals surface area contributed by atoms with E-state index < -0.39 is 69.0 Å². The molecule has 1 aliphatic rings. The van der Waals surface area contributed by atoms with Crippen LogP contribution in [0.15, 0.2) is 53.4 Å². The fraction of sp³-hybridized carbons (Fsp3) is 0.429. The lowest BCUT2D eigenvalue weighted by Gasteiger charge is -2.39. The van der Waals surface area contributed by atoms with E-state index in [1.54, 1.807) is 7.11 Å². The average Bonchev–Trinajstić information content (AvgIpc) is 2.99. The lowest BCUT2D eigenvalue weighted by atomic mass is 9.95. The van der Waals surface area contributed by atoms with Crippen LogP contribution < -0.4 is 15.0 Å². The highest BCUT2D eigenvalue weighted by atomic mass is 32.2. The number of carbonyl (C=O) groups excluding carboxylic acids is 1. The van der Waals surface area contributed by atoms with Crippen LogP contribution in [-0.2, 0) is 33.8 Å². The van der Waals surface area contributed by atoms with Gasteiger partial charge in [0.05, 0.1) is 24.3 Å². The van der Waals surface area contributed by atoms with Crippen molar-refractivity contribution < 1.29 is 80.6 Å². The molecule has 0 spiro atoms. The first-order chi connectivity index (χ1) is 22.3. The molecule has 2 aromatic carbocycles. The zero-order valence-electron chi connectivity index (χ0n) is 25.2. The zero-order chi connectivity index (χ0) is 36.3. The number of halogens is 3. The molecule has 0 aromatic heterocycles.